The molecule has 5 nitrogen and oxygen atoms in total. The molecule has 0 spiro atoms. The van der Waals surface area contributed by atoms with Crippen LogP contribution in [-0.4, -0.2) is 47.1 Å². The van der Waals surface area contributed by atoms with E-state index >= 15 is 0 Å². The topological polar surface area (TPSA) is 44.3 Å². The summed E-state index contributed by atoms with van der Waals surface area (Å²) >= 11 is 0. The Labute approximate surface area is 200 Å². The number of nitrogens with zero attached hydrogens (tertiary/aromatic N) is 4. The van der Waals surface area contributed by atoms with Crippen LogP contribution in [0.3, 0.4) is 0 Å². The van der Waals surface area contributed by atoms with E-state index in [2.05, 4.69) is 76.4 Å². The van der Waals surface area contributed by atoms with Gasteiger partial charge in [0.25, 0.3) is 0 Å². The van der Waals surface area contributed by atoms with Gasteiger partial charge in [0.15, 0.2) is 0 Å². The van der Waals surface area contributed by atoms with Crippen molar-refractivity contribution in [1.82, 2.24) is 14.9 Å². The summed E-state index contributed by atoms with van der Waals surface area (Å²) in [6.07, 6.45) is 15.1. The maximum atomic E-state index is 4.87. The average molecular weight is 448 g/mol. The van der Waals surface area contributed by atoms with Gasteiger partial charge in [-0.3, -0.25) is 4.90 Å². The highest BCUT2D eigenvalue weighted by Crippen LogP contribution is 2.20. The number of rotatable bonds is 8. The lowest BCUT2D eigenvalue weighted by atomic mass is 10.0. The fraction of sp³-hybridized carbons (Fsp3) is 0.571. The highest BCUT2D eigenvalue weighted by Gasteiger charge is 2.21. The lowest BCUT2D eigenvalue weighted by molar-refractivity contribution is 0.208. The standard InChI is InChI=1S/C28H41N5/c1-23(2)9-7-10-24-12-14-25(15-13-24)21-32-18-8-11-26(22-32)30-28-29-17-16-27(31-28)33-19-5-3-4-6-20-33/h7,9,12-17,23,26H,3-6,8,10-11,18-22H2,1-2H3,(H,29,30,31)/b9-7+. The third kappa shape index (κ3) is 7.56. The van der Waals surface area contributed by atoms with E-state index in [0.29, 0.717) is 12.0 Å². The third-order valence-electron chi connectivity index (χ3n) is 6.71. The van der Waals surface area contributed by atoms with Crippen molar-refractivity contribution in [3.05, 3.63) is 59.8 Å². The predicted octanol–water partition coefficient (Wildman–Crippen LogP) is 5.69. The van der Waals surface area contributed by atoms with Crippen molar-refractivity contribution in [3.63, 3.8) is 0 Å². The molecule has 1 unspecified atom stereocenters. The first kappa shape index (κ1) is 23.7. The quantitative estimate of drug-likeness (QED) is 0.527. The molecule has 2 saturated heterocycles. The summed E-state index contributed by atoms with van der Waals surface area (Å²) in [4.78, 5) is 14.4. The Hall–Kier alpha value is -2.40. The number of hydrogen-bond acceptors (Lipinski definition) is 5. The van der Waals surface area contributed by atoms with Crippen LogP contribution < -0.4 is 10.2 Å². The van der Waals surface area contributed by atoms with Gasteiger partial charge in [0.1, 0.15) is 5.82 Å². The first-order chi connectivity index (χ1) is 16.2. The second-order valence-electron chi connectivity index (χ2n) is 10.1. The molecule has 1 aromatic heterocycles. The molecule has 1 aromatic carbocycles. The minimum atomic E-state index is 0.401. The Kier molecular flexibility index (Phi) is 8.76. The van der Waals surface area contributed by atoms with Gasteiger partial charge in [0, 0.05) is 38.4 Å². The Bertz CT molecular complexity index is 868. The van der Waals surface area contributed by atoms with Gasteiger partial charge in [-0.15, -0.1) is 0 Å². The van der Waals surface area contributed by atoms with Gasteiger partial charge in [-0.25, -0.2) is 4.98 Å². The molecule has 0 bridgehead atoms. The number of piperidine rings is 1. The molecule has 3 heterocycles. The van der Waals surface area contributed by atoms with Crippen LogP contribution in [0.15, 0.2) is 48.7 Å². The summed E-state index contributed by atoms with van der Waals surface area (Å²) in [5.74, 6) is 2.47. The fourth-order valence-corrected chi connectivity index (χ4v) is 4.91. The van der Waals surface area contributed by atoms with Crippen LogP contribution in [0.2, 0.25) is 0 Å². The summed E-state index contributed by atoms with van der Waals surface area (Å²) in [6.45, 7) is 9.87. The molecule has 0 aliphatic carbocycles. The molecular formula is C28H41N5. The largest absolute Gasteiger partial charge is 0.356 e. The maximum absolute atomic E-state index is 4.87. The molecule has 0 amide bonds. The van der Waals surface area contributed by atoms with E-state index in [1.165, 1.54) is 49.7 Å². The molecule has 178 valence electrons. The second kappa shape index (κ2) is 12.2. The van der Waals surface area contributed by atoms with Gasteiger partial charge in [-0.1, -0.05) is 63.1 Å². The highest BCUT2D eigenvalue weighted by atomic mass is 15.2. The molecule has 1 N–H and O–H groups in total. The Balaban J connectivity index is 1.29. The maximum Gasteiger partial charge on any atom is 0.224 e. The van der Waals surface area contributed by atoms with Gasteiger partial charge < -0.3 is 10.2 Å². The number of likely N-dealkylation sites (tertiary alicyclic amines) is 1. The van der Waals surface area contributed by atoms with Crippen molar-refractivity contribution in [1.29, 1.82) is 0 Å². The van der Waals surface area contributed by atoms with E-state index in [9.17, 15) is 0 Å². The van der Waals surface area contributed by atoms with Crippen LogP contribution >= 0.6 is 0 Å². The number of hydrogen-bond donors (Lipinski definition) is 1. The zero-order valence-electron chi connectivity index (χ0n) is 20.5. The summed E-state index contributed by atoms with van der Waals surface area (Å²) in [5.41, 5.74) is 2.78. The SMILES string of the molecule is CC(C)/C=C/Cc1ccc(CN2CCCC(Nc3nccc(N4CCCCCC4)n3)C2)cc1. The number of allylic oxidation sites excluding steroid dienone is 2. The van der Waals surface area contributed by atoms with Crippen LogP contribution in [-0.2, 0) is 13.0 Å². The molecule has 2 fully saturated rings. The fourth-order valence-electron chi connectivity index (χ4n) is 4.91. The molecular weight excluding hydrogens is 406 g/mol. The monoisotopic (exact) mass is 447 g/mol. The van der Waals surface area contributed by atoms with Gasteiger partial charge in [-0.2, -0.15) is 4.98 Å². The van der Waals surface area contributed by atoms with Crippen LogP contribution in [0.1, 0.15) is 63.5 Å². The number of nitrogens with one attached hydrogen (secondary N) is 1. The average Bonchev–Trinajstić information content (AvgIpc) is 3.10. The normalized spacial score (nSPS) is 20.3. The summed E-state index contributed by atoms with van der Waals surface area (Å²) < 4.78 is 0. The van der Waals surface area contributed by atoms with E-state index in [1.54, 1.807) is 0 Å². The minimum Gasteiger partial charge on any atom is -0.356 e. The van der Waals surface area contributed by atoms with Crippen LogP contribution in [0.4, 0.5) is 11.8 Å². The molecule has 2 aliphatic rings. The first-order valence-corrected chi connectivity index (χ1v) is 13.0. The Morgan fingerprint density at radius 3 is 2.48 bits per heavy atom. The number of anilines is 2. The van der Waals surface area contributed by atoms with E-state index in [-0.39, 0.29) is 0 Å². The summed E-state index contributed by atoms with van der Waals surface area (Å²) in [6, 6.07) is 11.6. The van der Waals surface area contributed by atoms with Gasteiger partial charge in [0.05, 0.1) is 0 Å². The van der Waals surface area contributed by atoms with Gasteiger partial charge in [-0.05, 0) is 61.8 Å². The predicted molar refractivity (Wildman–Crippen MR) is 139 cm³/mol. The molecule has 0 radical (unpaired) electrons. The Morgan fingerprint density at radius 2 is 1.73 bits per heavy atom. The zero-order valence-corrected chi connectivity index (χ0v) is 20.5. The van der Waals surface area contributed by atoms with Crippen molar-refractivity contribution in [2.45, 2.75) is 71.4 Å². The van der Waals surface area contributed by atoms with Crippen LogP contribution in [0.25, 0.3) is 0 Å². The number of aromatic nitrogens is 2. The molecule has 1 atom stereocenters. The van der Waals surface area contributed by atoms with Crippen molar-refractivity contribution < 1.29 is 0 Å². The van der Waals surface area contributed by atoms with E-state index in [4.69, 9.17) is 4.98 Å². The lowest BCUT2D eigenvalue weighted by Crippen LogP contribution is -2.42. The smallest absolute Gasteiger partial charge is 0.224 e. The molecule has 5 heteroatoms. The van der Waals surface area contributed by atoms with Crippen LogP contribution in [0, 0.1) is 5.92 Å². The first-order valence-electron chi connectivity index (χ1n) is 13.0. The van der Waals surface area contributed by atoms with Crippen molar-refractivity contribution in [2.24, 2.45) is 5.92 Å². The van der Waals surface area contributed by atoms with E-state index < -0.39 is 0 Å². The molecule has 2 aliphatic heterocycles. The second-order valence-corrected chi connectivity index (χ2v) is 10.1. The van der Waals surface area contributed by atoms with Crippen molar-refractivity contribution in [3.8, 4) is 0 Å². The van der Waals surface area contributed by atoms with Gasteiger partial charge in [0.2, 0.25) is 5.95 Å². The minimum absolute atomic E-state index is 0.401. The van der Waals surface area contributed by atoms with Crippen molar-refractivity contribution >= 4 is 11.8 Å². The van der Waals surface area contributed by atoms with Crippen molar-refractivity contribution in [2.75, 3.05) is 36.4 Å². The molecule has 2 aromatic rings. The lowest BCUT2D eigenvalue weighted by Gasteiger charge is -2.33. The highest BCUT2D eigenvalue weighted by molar-refractivity contribution is 5.43. The molecule has 4 rings (SSSR count). The Morgan fingerprint density at radius 1 is 0.970 bits per heavy atom. The summed E-state index contributed by atoms with van der Waals surface area (Å²) in [5, 5.41) is 3.63. The number of benzene rings is 1. The summed E-state index contributed by atoms with van der Waals surface area (Å²) in [7, 11) is 0. The molecule has 33 heavy (non-hydrogen) atoms. The zero-order chi connectivity index (χ0) is 22.9. The molecule has 0 saturated carbocycles. The van der Waals surface area contributed by atoms with E-state index in [0.717, 1.165) is 50.9 Å². The van der Waals surface area contributed by atoms with Gasteiger partial charge >= 0.3 is 0 Å². The van der Waals surface area contributed by atoms with E-state index in [1.807, 2.05) is 6.20 Å². The van der Waals surface area contributed by atoms with Crippen LogP contribution in [0.5, 0.6) is 0 Å². The third-order valence-corrected chi connectivity index (χ3v) is 6.71.